The van der Waals surface area contributed by atoms with Crippen LogP contribution in [0.1, 0.15) is 25.3 Å². The lowest BCUT2D eigenvalue weighted by atomic mass is 10.1. The standard InChI is InChI=1S/C11H15O2/c1-2-3-4-10-5-7-11(8-6-10)13-9-12/h5-8H,2-4,9H2,1H3. The van der Waals surface area contributed by atoms with Crippen molar-refractivity contribution in [2.24, 2.45) is 0 Å². The molecule has 2 heteroatoms. The van der Waals surface area contributed by atoms with Gasteiger partial charge in [0.1, 0.15) is 5.75 Å². The summed E-state index contributed by atoms with van der Waals surface area (Å²) >= 11 is 0. The highest BCUT2D eigenvalue weighted by Gasteiger charge is 1.94. The zero-order chi connectivity index (χ0) is 9.52. The molecule has 0 saturated heterocycles. The Morgan fingerprint density at radius 3 is 2.46 bits per heavy atom. The van der Waals surface area contributed by atoms with Crippen molar-refractivity contribution in [1.29, 1.82) is 0 Å². The minimum Gasteiger partial charge on any atom is -0.465 e. The monoisotopic (exact) mass is 179 g/mol. The molecule has 71 valence electrons. The third kappa shape index (κ3) is 3.47. The molecule has 0 amide bonds. The molecule has 1 aromatic rings. The first-order chi connectivity index (χ1) is 6.36. The maximum absolute atomic E-state index is 10.1. The van der Waals surface area contributed by atoms with E-state index in [9.17, 15) is 5.11 Å². The molecule has 1 aromatic carbocycles. The fourth-order valence-electron chi connectivity index (χ4n) is 1.20. The van der Waals surface area contributed by atoms with E-state index in [0.717, 1.165) is 6.42 Å². The highest BCUT2D eigenvalue weighted by molar-refractivity contribution is 5.27. The Kier molecular flexibility index (Phi) is 4.33. The van der Waals surface area contributed by atoms with Crippen LogP contribution in [0.5, 0.6) is 5.75 Å². The second kappa shape index (κ2) is 5.60. The largest absolute Gasteiger partial charge is 0.465 e. The Morgan fingerprint density at radius 1 is 1.23 bits per heavy atom. The second-order valence-corrected chi connectivity index (χ2v) is 3.01. The molecule has 0 heterocycles. The van der Waals surface area contributed by atoms with Crippen LogP contribution in [0.4, 0.5) is 0 Å². The van der Waals surface area contributed by atoms with Crippen LogP contribution in [-0.2, 0) is 11.5 Å². The molecule has 0 aliphatic carbocycles. The van der Waals surface area contributed by atoms with E-state index in [1.54, 1.807) is 0 Å². The Hall–Kier alpha value is -1.02. The molecule has 1 rings (SSSR count). The summed E-state index contributed by atoms with van der Waals surface area (Å²) in [6.07, 6.45) is 3.52. The van der Waals surface area contributed by atoms with Gasteiger partial charge in [-0.25, -0.2) is 0 Å². The van der Waals surface area contributed by atoms with Crippen molar-refractivity contribution in [2.45, 2.75) is 26.2 Å². The molecule has 0 N–H and O–H groups in total. The van der Waals surface area contributed by atoms with Crippen LogP contribution in [0, 0.1) is 0 Å². The van der Waals surface area contributed by atoms with E-state index in [4.69, 9.17) is 4.74 Å². The van der Waals surface area contributed by atoms with Crippen molar-refractivity contribution in [3.8, 4) is 5.75 Å². The molecule has 0 aliphatic rings. The van der Waals surface area contributed by atoms with Gasteiger partial charge in [0.05, 0.1) is 0 Å². The molecule has 0 fully saturated rings. The third-order valence-corrected chi connectivity index (χ3v) is 1.97. The van der Waals surface area contributed by atoms with E-state index in [2.05, 4.69) is 6.92 Å². The summed E-state index contributed by atoms with van der Waals surface area (Å²) < 4.78 is 4.81. The molecule has 0 bridgehead atoms. The van der Waals surface area contributed by atoms with E-state index in [0.29, 0.717) is 5.75 Å². The third-order valence-electron chi connectivity index (χ3n) is 1.97. The van der Waals surface area contributed by atoms with Gasteiger partial charge in [-0.05, 0) is 30.5 Å². The summed E-state index contributed by atoms with van der Waals surface area (Å²) in [6, 6.07) is 7.73. The summed E-state index contributed by atoms with van der Waals surface area (Å²) in [6.45, 7) is 1.67. The summed E-state index contributed by atoms with van der Waals surface area (Å²) in [5.41, 5.74) is 1.31. The van der Waals surface area contributed by atoms with Gasteiger partial charge in [0.25, 0.3) is 0 Å². The Bertz CT molecular complexity index is 228. The smallest absolute Gasteiger partial charge is 0.221 e. The summed E-state index contributed by atoms with van der Waals surface area (Å²) in [4.78, 5) is 0. The molecule has 0 spiro atoms. The molecule has 0 saturated carbocycles. The topological polar surface area (TPSA) is 29.1 Å². The zero-order valence-corrected chi connectivity index (χ0v) is 7.95. The van der Waals surface area contributed by atoms with Crippen LogP contribution >= 0.6 is 0 Å². The van der Waals surface area contributed by atoms with E-state index < -0.39 is 6.79 Å². The summed E-state index contributed by atoms with van der Waals surface area (Å²) in [5.74, 6) is 0.662. The fraction of sp³-hybridized carbons (Fsp3) is 0.455. The van der Waals surface area contributed by atoms with Gasteiger partial charge in [-0.2, -0.15) is 5.11 Å². The molecule has 1 radical (unpaired) electrons. The molecule has 2 nitrogen and oxygen atoms in total. The highest BCUT2D eigenvalue weighted by atomic mass is 16.6. The van der Waals surface area contributed by atoms with Gasteiger partial charge in [-0.3, -0.25) is 0 Å². The maximum Gasteiger partial charge on any atom is 0.221 e. The number of benzene rings is 1. The lowest BCUT2D eigenvalue weighted by Gasteiger charge is -2.02. The number of ether oxygens (including phenoxy) is 1. The number of unbranched alkanes of at least 4 members (excludes halogenated alkanes) is 1. The number of aryl methyl sites for hydroxylation is 1. The molecule has 0 aliphatic heterocycles. The molecule has 13 heavy (non-hydrogen) atoms. The number of rotatable bonds is 5. The van der Waals surface area contributed by atoms with E-state index in [1.165, 1.54) is 18.4 Å². The quantitative estimate of drug-likeness (QED) is 0.639. The van der Waals surface area contributed by atoms with Crippen LogP contribution in [0.2, 0.25) is 0 Å². The van der Waals surface area contributed by atoms with Crippen molar-refractivity contribution < 1.29 is 9.84 Å². The lowest BCUT2D eigenvalue weighted by molar-refractivity contribution is 0.0376. The van der Waals surface area contributed by atoms with E-state index in [1.807, 2.05) is 24.3 Å². The van der Waals surface area contributed by atoms with Crippen LogP contribution in [-0.4, -0.2) is 6.79 Å². The predicted molar refractivity (Wildman–Crippen MR) is 51.2 cm³/mol. The summed E-state index contributed by atoms with van der Waals surface area (Å²) in [5, 5.41) is 10.1. The normalized spacial score (nSPS) is 10.0. The highest BCUT2D eigenvalue weighted by Crippen LogP contribution is 2.13. The van der Waals surface area contributed by atoms with Crippen molar-refractivity contribution in [1.82, 2.24) is 0 Å². The van der Waals surface area contributed by atoms with Crippen molar-refractivity contribution >= 4 is 0 Å². The van der Waals surface area contributed by atoms with Gasteiger partial charge in [0.15, 0.2) is 0 Å². The van der Waals surface area contributed by atoms with Gasteiger partial charge >= 0.3 is 0 Å². The summed E-state index contributed by atoms with van der Waals surface area (Å²) in [7, 11) is 0. The second-order valence-electron chi connectivity index (χ2n) is 3.01. The lowest BCUT2D eigenvalue weighted by Crippen LogP contribution is -1.93. The van der Waals surface area contributed by atoms with Gasteiger partial charge in [0, 0.05) is 0 Å². The Morgan fingerprint density at radius 2 is 1.92 bits per heavy atom. The minimum atomic E-state index is -0.506. The first kappa shape index (κ1) is 10.1. The van der Waals surface area contributed by atoms with E-state index in [-0.39, 0.29) is 0 Å². The Balaban J connectivity index is 2.48. The number of hydrogen-bond acceptors (Lipinski definition) is 1. The SMILES string of the molecule is CCCCc1ccc(OC[O])cc1. The van der Waals surface area contributed by atoms with Gasteiger partial charge in [-0.1, -0.05) is 25.5 Å². The number of hydrogen-bond donors (Lipinski definition) is 0. The molecule has 0 aromatic heterocycles. The molecule has 0 unspecified atom stereocenters. The maximum atomic E-state index is 10.1. The zero-order valence-electron chi connectivity index (χ0n) is 7.95. The fourth-order valence-corrected chi connectivity index (χ4v) is 1.20. The van der Waals surface area contributed by atoms with Crippen molar-refractivity contribution in [2.75, 3.05) is 6.79 Å². The first-order valence-corrected chi connectivity index (χ1v) is 4.66. The van der Waals surface area contributed by atoms with Gasteiger partial charge in [0.2, 0.25) is 6.79 Å². The first-order valence-electron chi connectivity index (χ1n) is 4.66. The average molecular weight is 179 g/mol. The van der Waals surface area contributed by atoms with E-state index >= 15 is 0 Å². The molecule has 0 atom stereocenters. The Labute approximate surface area is 79.2 Å². The average Bonchev–Trinajstić information content (AvgIpc) is 2.17. The van der Waals surface area contributed by atoms with Crippen LogP contribution in [0.3, 0.4) is 0 Å². The van der Waals surface area contributed by atoms with Crippen LogP contribution in [0.15, 0.2) is 24.3 Å². The molecular weight excluding hydrogens is 164 g/mol. The molecular formula is C11H15O2. The van der Waals surface area contributed by atoms with Crippen LogP contribution < -0.4 is 4.74 Å². The minimum absolute atomic E-state index is 0.506. The predicted octanol–water partition coefficient (Wildman–Crippen LogP) is 2.80. The van der Waals surface area contributed by atoms with Crippen LogP contribution in [0.25, 0.3) is 0 Å². The van der Waals surface area contributed by atoms with Crippen molar-refractivity contribution in [3.63, 3.8) is 0 Å². The van der Waals surface area contributed by atoms with Crippen molar-refractivity contribution in [3.05, 3.63) is 29.8 Å². The van der Waals surface area contributed by atoms with Gasteiger partial charge in [-0.15, -0.1) is 0 Å². The van der Waals surface area contributed by atoms with Gasteiger partial charge < -0.3 is 4.74 Å².